The Morgan fingerprint density at radius 1 is 1.32 bits per heavy atom. The van der Waals surface area contributed by atoms with Gasteiger partial charge in [0.2, 0.25) is 0 Å². The van der Waals surface area contributed by atoms with Gasteiger partial charge < -0.3 is 14.4 Å². The van der Waals surface area contributed by atoms with Gasteiger partial charge in [-0.3, -0.25) is 4.90 Å². The number of fused-ring (bicyclic) bond motifs is 1. The van der Waals surface area contributed by atoms with Crippen LogP contribution >= 0.6 is 11.3 Å². The number of carboxylic acid groups (broad SMARTS) is 1. The van der Waals surface area contributed by atoms with E-state index in [0.717, 1.165) is 26.2 Å². The van der Waals surface area contributed by atoms with Gasteiger partial charge in [-0.1, -0.05) is 0 Å². The van der Waals surface area contributed by atoms with Crippen molar-refractivity contribution < 1.29 is 27.8 Å². The molecule has 2 fully saturated rings. The molecular formula is C18H22F3N3O3S. The molecule has 1 saturated heterocycles. The molecule has 2 aliphatic rings. The van der Waals surface area contributed by atoms with Crippen molar-refractivity contribution in [1.29, 1.82) is 0 Å². The predicted molar refractivity (Wildman–Crippen MR) is 96.9 cm³/mol. The Labute approximate surface area is 164 Å². The summed E-state index contributed by atoms with van der Waals surface area (Å²) >= 11 is 1.76. The molecule has 1 N–H and O–H groups in total. The summed E-state index contributed by atoms with van der Waals surface area (Å²) in [5.74, 6) is -2.12. The van der Waals surface area contributed by atoms with E-state index in [0.29, 0.717) is 18.1 Å². The Balaban J connectivity index is 0.000000279. The van der Waals surface area contributed by atoms with Crippen molar-refractivity contribution >= 4 is 17.3 Å². The number of halogens is 3. The number of aromatic nitrogens is 2. The Kier molecular flexibility index (Phi) is 6.73. The summed E-state index contributed by atoms with van der Waals surface area (Å²) in [7, 11) is 0. The molecule has 28 heavy (non-hydrogen) atoms. The van der Waals surface area contributed by atoms with E-state index in [4.69, 9.17) is 14.6 Å². The average Bonchev–Trinajstić information content (AvgIpc) is 3.38. The largest absolute Gasteiger partial charge is 0.490 e. The van der Waals surface area contributed by atoms with E-state index in [-0.39, 0.29) is 0 Å². The number of carbonyl (C=O) groups is 1. The standard InChI is InChI=1S/C16H21N3OS.C2HF3O2/c1-2-7-18(6-1)11-13-3-4-14-16(13)20-9-8-19(14)12-15-17-5-10-21-15;3-2(4,5)1(6)7/h1-2,5-7,10,13-14,16H,3-4,8-9,11-12H2;(H,6,7). The molecule has 3 atom stereocenters. The second kappa shape index (κ2) is 9.06. The van der Waals surface area contributed by atoms with Gasteiger partial charge in [0, 0.05) is 49.0 Å². The lowest BCUT2D eigenvalue weighted by atomic mass is 10.0. The van der Waals surface area contributed by atoms with Crippen molar-refractivity contribution in [2.45, 2.75) is 44.3 Å². The lowest BCUT2D eigenvalue weighted by molar-refractivity contribution is -0.192. The number of hydrogen-bond donors (Lipinski definition) is 1. The summed E-state index contributed by atoms with van der Waals surface area (Å²) in [6.07, 6.45) is 4.04. The number of carboxylic acids is 1. The van der Waals surface area contributed by atoms with Crippen LogP contribution in [0.15, 0.2) is 36.1 Å². The molecule has 0 spiro atoms. The molecular weight excluding hydrogens is 395 g/mol. The summed E-state index contributed by atoms with van der Waals surface area (Å²) in [4.78, 5) is 15.9. The third-order valence-electron chi connectivity index (χ3n) is 5.01. The molecule has 1 aliphatic carbocycles. The minimum absolute atomic E-state index is 0.390. The fraction of sp³-hybridized carbons (Fsp3) is 0.556. The van der Waals surface area contributed by atoms with Crippen molar-refractivity contribution in [3.05, 3.63) is 41.1 Å². The molecule has 1 saturated carbocycles. The summed E-state index contributed by atoms with van der Waals surface area (Å²) in [5.41, 5.74) is 0. The van der Waals surface area contributed by atoms with Gasteiger partial charge in [-0.25, -0.2) is 9.78 Å². The van der Waals surface area contributed by atoms with Gasteiger partial charge in [0.15, 0.2) is 0 Å². The highest BCUT2D eigenvalue weighted by atomic mass is 32.1. The molecule has 2 aromatic heterocycles. The number of thiazole rings is 1. The number of nitrogens with zero attached hydrogens (tertiary/aromatic N) is 3. The third-order valence-corrected chi connectivity index (χ3v) is 5.78. The van der Waals surface area contributed by atoms with E-state index >= 15 is 0 Å². The molecule has 6 nitrogen and oxygen atoms in total. The average molecular weight is 417 g/mol. The van der Waals surface area contributed by atoms with E-state index in [1.807, 2.05) is 6.20 Å². The number of rotatable bonds is 4. The van der Waals surface area contributed by atoms with Gasteiger partial charge >= 0.3 is 12.1 Å². The second-order valence-corrected chi connectivity index (χ2v) is 7.80. The van der Waals surface area contributed by atoms with Crippen LogP contribution < -0.4 is 0 Å². The summed E-state index contributed by atoms with van der Waals surface area (Å²) in [6.45, 7) is 3.96. The summed E-state index contributed by atoms with van der Waals surface area (Å²) < 4.78 is 40.2. The van der Waals surface area contributed by atoms with Crippen molar-refractivity contribution in [2.24, 2.45) is 5.92 Å². The van der Waals surface area contributed by atoms with Crippen LogP contribution in [0.25, 0.3) is 0 Å². The van der Waals surface area contributed by atoms with Crippen LogP contribution in [0.2, 0.25) is 0 Å². The minimum Gasteiger partial charge on any atom is -0.475 e. The topological polar surface area (TPSA) is 67.6 Å². The quantitative estimate of drug-likeness (QED) is 0.827. The Morgan fingerprint density at radius 3 is 2.64 bits per heavy atom. The van der Waals surface area contributed by atoms with Crippen molar-refractivity contribution in [3.63, 3.8) is 0 Å². The van der Waals surface area contributed by atoms with Crippen LogP contribution in [-0.4, -0.2) is 57.0 Å². The zero-order chi connectivity index (χ0) is 20.1. The maximum absolute atomic E-state index is 10.6. The van der Waals surface area contributed by atoms with Crippen LogP contribution in [0.1, 0.15) is 17.8 Å². The first kappa shape index (κ1) is 20.8. The lowest BCUT2D eigenvalue weighted by Gasteiger charge is -2.39. The molecule has 10 heteroatoms. The Hall–Kier alpha value is -1.91. The summed E-state index contributed by atoms with van der Waals surface area (Å²) in [6, 6.07) is 4.77. The highest BCUT2D eigenvalue weighted by molar-refractivity contribution is 7.09. The molecule has 154 valence electrons. The molecule has 3 unspecified atom stereocenters. The number of aliphatic carboxylic acids is 1. The Bertz CT molecular complexity index is 737. The zero-order valence-electron chi connectivity index (χ0n) is 15.1. The molecule has 0 bridgehead atoms. The van der Waals surface area contributed by atoms with Crippen molar-refractivity contribution in [1.82, 2.24) is 14.5 Å². The minimum atomic E-state index is -5.08. The molecule has 0 aromatic carbocycles. The number of morpholine rings is 1. The predicted octanol–water partition coefficient (Wildman–Crippen LogP) is 3.26. The summed E-state index contributed by atoms with van der Waals surface area (Å²) in [5, 5.41) is 10.4. The van der Waals surface area contributed by atoms with Gasteiger partial charge in [0.1, 0.15) is 5.01 Å². The highest BCUT2D eigenvalue weighted by Gasteiger charge is 2.42. The zero-order valence-corrected chi connectivity index (χ0v) is 15.9. The number of alkyl halides is 3. The first-order chi connectivity index (χ1) is 13.3. The Morgan fingerprint density at radius 2 is 2.04 bits per heavy atom. The van der Waals surface area contributed by atoms with E-state index in [9.17, 15) is 13.2 Å². The molecule has 2 aromatic rings. The van der Waals surface area contributed by atoms with Gasteiger partial charge in [0.25, 0.3) is 0 Å². The van der Waals surface area contributed by atoms with Gasteiger partial charge in [0.05, 0.1) is 19.3 Å². The van der Waals surface area contributed by atoms with E-state index in [1.165, 1.54) is 17.8 Å². The molecule has 0 amide bonds. The van der Waals surface area contributed by atoms with Crippen LogP contribution in [0, 0.1) is 5.92 Å². The van der Waals surface area contributed by atoms with Gasteiger partial charge in [-0.2, -0.15) is 13.2 Å². The van der Waals surface area contributed by atoms with Crippen molar-refractivity contribution in [3.8, 4) is 0 Å². The first-order valence-corrected chi connectivity index (χ1v) is 9.87. The molecule has 3 heterocycles. The van der Waals surface area contributed by atoms with Gasteiger partial charge in [-0.15, -0.1) is 11.3 Å². The molecule has 1 aliphatic heterocycles. The third kappa shape index (κ3) is 5.33. The number of ether oxygens (including phenoxy) is 1. The lowest BCUT2D eigenvalue weighted by Crippen LogP contribution is -2.50. The van der Waals surface area contributed by atoms with E-state index < -0.39 is 12.1 Å². The van der Waals surface area contributed by atoms with Crippen LogP contribution in [0.4, 0.5) is 13.2 Å². The highest BCUT2D eigenvalue weighted by Crippen LogP contribution is 2.36. The van der Waals surface area contributed by atoms with E-state index in [1.54, 1.807) is 11.3 Å². The SMILES string of the molecule is O=C(O)C(F)(F)F.c1ccn(CC2CCC3C2OCCN3Cc2nccs2)c1. The monoisotopic (exact) mass is 417 g/mol. The smallest absolute Gasteiger partial charge is 0.475 e. The first-order valence-electron chi connectivity index (χ1n) is 8.99. The number of hydrogen-bond acceptors (Lipinski definition) is 5. The fourth-order valence-electron chi connectivity index (χ4n) is 3.80. The van der Waals surface area contributed by atoms with Crippen molar-refractivity contribution in [2.75, 3.05) is 13.2 Å². The normalized spacial score (nSPS) is 25.0. The van der Waals surface area contributed by atoms with Gasteiger partial charge in [-0.05, 0) is 25.0 Å². The maximum Gasteiger partial charge on any atom is 0.490 e. The second-order valence-electron chi connectivity index (χ2n) is 6.82. The van der Waals surface area contributed by atoms with E-state index in [2.05, 4.69) is 44.4 Å². The van der Waals surface area contributed by atoms with Crippen LogP contribution in [0.3, 0.4) is 0 Å². The van der Waals surface area contributed by atoms with Crippen LogP contribution in [-0.2, 0) is 22.6 Å². The van der Waals surface area contributed by atoms with Crippen LogP contribution in [0.5, 0.6) is 0 Å². The molecule has 4 rings (SSSR count). The fourth-order valence-corrected chi connectivity index (χ4v) is 4.44. The molecule has 0 radical (unpaired) electrons. The maximum atomic E-state index is 10.6.